The number of hydrogen-bond acceptors (Lipinski definition) is 6. The maximum Gasteiger partial charge on any atom is 0.339 e. The second kappa shape index (κ2) is 9.64. The third-order valence-electron chi connectivity index (χ3n) is 4.26. The molecular formula is C22H15ClN2O6. The van der Waals surface area contributed by atoms with Gasteiger partial charge < -0.3 is 10.1 Å². The summed E-state index contributed by atoms with van der Waals surface area (Å²) >= 11 is 5.80. The Morgan fingerprint density at radius 1 is 1.03 bits per heavy atom. The van der Waals surface area contributed by atoms with Crippen LogP contribution < -0.4 is 5.32 Å². The molecule has 8 nitrogen and oxygen atoms in total. The Hall–Kier alpha value is -4.04. The maximum absolute atomic E-state index is 12.9. The summed E-state index contributed by atoms with van der Waals surface area (Å²) in [6.45, 7) is 0. The summed E-state index contributed by atoms with van der Waals surface area (Å²) in [4.78, 5) is 46.7. The fourth-order valence-electron chi connectivity index (χ4n) is 2.71. The molecule has 0 aliphatic heterocycles. The summed E-state index contributed by atoms with van der Waals surface area (Å²) < 4.78 is 5.43. The van der Waals surface area contributed by atoms with Crippen LogP contribution in [-0.2, 0) is 9.53 Å². The first-order valence-electron chi connectivity index (χ1n) is 8.95. The average Bonchev–Trinajstić information content (AvgIpc) is 2.79. The van der Waals surface area contributed by atoms with Crippen LogP contribution in [0.3, 0.4) is 0 Å². The molecule has 0 bridgehead atoms. The lowest BCUT2D eigenvalue weighted by Crippen LogP contribution is -2.26. The highest BCUT2D eigenvalue weighted by molar-refractivity contribution is 6.32. The summed E-state index contributed by atoms with van der Waals surface area (Å²) in [5.74, 6) is -1.48. The molecule has 0 aliphatic rings. The van der Waals surface area contributed by atoms with Crippen LogP contribution in [0.2, 0.25) is 5.02 Å². The number of carbonyl (C=O) groups is 3. The van der Waals surface area contributed by atoms with E-state index in [1.165, 1.54) is 36.4 Å². The second-order valence-corrected chi connectivity index (χ2v) is 6.76. The van der Waals surface area contributed by atoms with Crippen molar-refractivity contribution in [2.45, 2.75) is 6.10 Å². The lowest BCUT2D eigenvalue weighted by atomic mass is 10.1. The molecule has 0 aromatic heterocycles. The summed E-state index contributed by atoms with van der Waals surface area (Å²) in [5.41, 5.74) is 0.692. The molecule has 3 aromatic carbocycles. The molecule has 1 atom stereocenters. The van der Waals surface area contributed by atoms with Crippen LogP contribution in [-0.4, -0.2) is 23.1 Å². The minimum atomic E-state index is -1.32. The number of carbonyl (C=O) groups excluding carboxylic acids is 3. The Balaban J connectivity index is 1.86. The molecule has 3 rings (SSSR count). The van der Waals surface area contributed by atoms with Crippen LogP contribution in [0, 0.1) is 10.1 Å². The molecule has 0 aliphatic carbocycles. The number of aldehydes is 1. The number of esters is 1. The standard InChI is InChI=1S/C22H15ClN2O6/c23-18-11-10-17(12-19(18)25(29)30)24-21(27)20(15-4-2-1-3-5-15)31-22(28)16-8-6-14(13-26)7-9-16/h1-13,20H,(H,24,27). The number of hydrogen-bond donors (Lipinski definition) is 1. The van der Waals surface area contributed by atoms with E-state index in [2.05, 4.69) is 5.32 Å². The molecule has 3 aromatic rings. The van der Waals surface area contributed by atoms with E-state index in [1.54, 1.807) is 30.3 Å². The van der Waals surface area contributed by atoms with Crippen molar-refractivity contribution in [2.24, 2.45) is 0 Å². The number of ether oxygens (including phenoxy) is 1. The Kier molecular flexibility index (Phi) is 6.74. The normalized spacial score (nSPS) is 11.3. The summed E-state index contributed by atoms with van der Waals surface area (Å²) in [7, 11) is 0. The maximum atomic E-state index is 12.9. The fraction of sp³-hybridized carbons (Fsp3) is 0.0455. The van der Waals surface area contributed by atoms with Gasteiger partial charge in [-0.05, 0) is 24.3 Å². The number of rotatable bonds is 7. The molecule has 0 spiro atoms. The third-order valence-corrected chi connectivity index (χ3v) is 4.58. The first-order valence-corrected chi connectivity index (χ1v) is 9.33. The van der Waals surface area contributed by atoms with Gasteiger partial charge in [-0.25, -0.2) is 4.79 Å². The van der Waals surface area contributed by atoms with Gasteiger partial charge >= 0.3 is 5.97 Å². The molecule has 1 N–H and O–H groups in total. The van der Waals surface area contributed by atoms with E-state index in [-0.39, 0.29) is 22.0 Å². The predicted molar refractivity (Wildman–Crippen MR) is 113 cm³/mol. The molecule has 9 heteroatoms. The second-order valence-electron chi connectivity index (χ2n) is 6.35. The zero-order chi connectivity index (χ0) is 22.4. The van der Waals surface area contributed by atoms with Crippen molar-refractivity contribution in [3.8, 4) is 0 Å². The van der Waals surface area contributed by atoms with Crippen molar-refractivity contribution in [1.82, 2.24) is 0 Å². The van der Waals surface area contributed by atoms with Gasteiger partial charge in [0.1, 0.15) is 11.3 Å². The Morgan fingerprint density at radius 3 is 2.32 bits per heavy atom. The number of nitrogens with one attached hydrogen (secondary N) is 1. The number of halogens is 1. The van der Waals surface area contributed by atoms with Gasteiger partial charge in [0.25, 0.3) is 11.6 Å². The van der Waals surface area contributed by atoms with Crippen molar-refractivity contribution in [3.63, 3.8) is 0 Å². The van der Waals surface area contributed by atoms with Crippen molar-refractivity contribution < 1.29 is 24.0 Å². The van der Waals surface area contributed by atoms with E-state index in [0.29, 0.717) is 17.4 Å². The van der Waals surface area contributed by atoms with E-state index in [1.807, 2.05) is 0 Å². The molecule has 0 saturated heterocycles. The molecule has 0 fully saturated rings. The quantitative estimate of drug-likeness (QED) is 0.249. The predicted octanol–water partition coefficient (Wildman–Crippen LogP) is 4.60. The Bertz CT molecular complexity index is 1130. The largest absolute Gasteiger partial charge is 0.444 e. The van der Waals surface area contributed by atoms with Gasteiger partial charge in [0.2, 0.25) is 6.10 Å². The van der Waals surface area contributed by atoms with Gasteiger partial charge in [-0.2, -0.15) is 0 Å². The van der Waals surface area contributed by atoms with Gasteiger partial charge in [0, 0.05) is 22.9 Å². The molecule has 1 unspecified atom stereocenters. The fourth-order valence-corrected chi connectivity index (χ4v) is 2.90. The van der Waals surface area contributed by atoms with Crippen LogP contribution in [0.15, 0.2) is 72.8 Å². The number of nitro benzene ring substituents is 1. The monoisotopic (exact) mass is 438 g/mol. The van der Waals surface area contributed by atoms with Crippen LogP contribution in [0.25, 0.3) is 0 Å². The first-order chi connectivity index (χ1) is 14.9. The molecule has 31 heavy (non-hydrogen) atoms. The molecule has 0 saturated carbocycles. The van der Waals surface area contributed by atoms with Crippen molar-refractivity contribution in [1.29, 1.82) is 0 Å². The van der Waals surface area contributed by atoms with Gasteiger partial charge in [-0.1, -0.05) is 54.1 Å². The highest BCUT2D eigenvalue weighted by atomic mass is 35.5. The number of anilines is 1. The Labute approximate surface area is 181 Å². The number of nitro groups is 1. The smallest absolute Gasteiger partial charge is 0.339 e. The number of benzene rings is 3. The van der Waals surface area contributed by atoms with Crippen molar-refractivity contribution in [3.05, 3.63) is 105 Å². The van der Waals surface area contributed by atoms with Crippen LogP contribution in [0.5, 0.6) is 0 Å². The molecule has 0 heterocycles. The molecule has 156 valence electrons. The minimum absolute atomic E-state index is 0.0761. The van der Waals surface area contributed by atoms with E-state index >= 15 is 0 Å². The van der Waals surface area contributed by atoms with E-state index in [9.17, 15) is 24.5 Å². The molecule has 0 radical (unpaired) electrons. The Morgan fingerprint density at radius 2 is 1.71 bits per heavy atom. The topological polar surface area (TPSA) is 116 Å². The SMILES string of the molecule is O=Cc1ccc(C(=O)OC(C(=O)Nc2ccc(Cl)c([N+](=O)[O-])c2)c2ccccc2)cc1. The average molecular weight is 439 g/mol. The highest BCUT2D eigenvalue weighted by Gasteiger charge is 2.26. The van der Waals surface area contributed by atoms with Crippen molar-refractivity contribution >= 4 is 41.1 Å². The summed E-state index contributed by atoms with van der Waals surface area (Å²) in [6.07, 6.45) is -0.685. The lowest BCUT2D eigenvalue weighted by molar-refractivity contribution is -0.384. The van der Waals surface area contributed by atoms with E-state index in [0.717, 1.165) is 6.07 Å². The highest BCUT2D eigenvalue weighted by Crippen LogP contribution is 2.28. The number of nitrogens with zero attached hydrogens (tertiary/aromatic N) is 1. The van der Waals surface area contributed by atoms with E-state index < -0.39 is 22.9 Å². The zero-order valence-electron chi connectivity index (χ0n) is 15.9. The zero-order valence-corrected chi connectivity index (χ0v) is 16.6. The lowest BCUT2D eigenvalue weighted by Gasteiger charge is -2.18. The van der Waals surface area contributed by atoms with E-state index in [4.69, 9.17) is 16.3 Å². The van der Waals surface area contributed by atoms with Crippen molar-refractivity contribution in [2.75, 3.05) is 5.32 Å². The molecular weight excluding hydrogens is 424 g/mol. The van der Waals surface area contributed by atoms with Crippen LogP contribution in [0.4, 0.5) is 11.4 Å². The number of amides is 1. The van der Waals surface area contributed by atoms with Crippen LogP contribution in [0.1, 0.15) is 32.4 Å². The summed E-state index contributed by atoms with van der Waals surface area (Å²) in [5, 5.41) is 13.5. The first kappa shape index (κ1) is 21.7. The van der Waals surface area contributed by atoms with Gasteiger partial charge in [0.15, 0.2) is 0 Å². The van der Waals surface area contributed by atoms with Gasteiger partial charge in [0.05, 0.1) is 10.5 Å². The van der Waals surface area contributed by atoms with Gasteiger partial charge in [-0.3, -0.25) is 19.7 Å². The minimum Gasteiger partial charge on any atom is -0.444 e. The van der Waals surface area contributed by atoms with Gasteiger partial charge in [-0.15, -0.1) is 0 Å². The van der Waals surface area contributed by atoms with Crippen LogP contribution >= 0.6 is 11.6 Å². The summed E-state index contributed by atoms with van der Waals surface area (Å²) in [6, 6.07) is 17.8. The molecule has 1 amide bonds. The third kappa shape index (κ3) is 5.31.